The number of nitrogens with two attached hydrogens (primary N) is 1. The number of esters is 2. The van der Waals surface area contributed by atoms with E-state index < -0.39 is 0 Å². The van der Waals surface area contributed by atoms with Gasteiger partial charge in [-0.2, -0.15) is 0 Å². The van der Waals surface area contributed by atoms with Gasteiger partial charge in [-0.25, -0.2) is 0 Å². The first-order valence-electron chi connectivity index (χ1n) is 10.6. The van der Waals surface area contributed by atoms with Gasteiger partial charge in [0.15, 0.2) is 0 Å². The molecule has 0 rings (SSSR count). The molecule has 30 heavy (non-hydrogen) atoms. The Kier molecular flexibility index (Phi) is 37.0. The van der Waals surface area contributed by atoms with Crippen molar-refractivity contribution in [3.05, 3.63) is 48.3 Å². The van der Waals surface area contributed by atoms with E-state index in [-0.39, 0.29) is 11.9 Å². The number of nitrogens with one attached hydrogen (secondary N) is 1. The van der Waals surface area contributed by atoms with Gasteiger partial charge in [0.05, 0.1) is 0 Å². The van der Waals surface area contributed by atoms with Crippen molar-refractivity contribution >= 4 is 11.9 Å². The van der Waals surface area contributed by atoms with E-state index in [1.165, 1.54) is 40.2 Å². The van der Waals surface area contributed by atoms with Crippen molar-refractivity contribution in [1.82, 2.24) is 5.32 Å². The molecular formula is C24H46N2O4. The fourth-order valence-electron chi connectivity index (χ4n) is 1.72. The molecule has 3 N–H and O–H groups in total. The van der Waals surface area contributed by atoms with Gasteiger partial charge >= 0.3 is 11.9 Å². The molecule has 0 aliphatic carbocycles. The average molecular weight is 427 g/mol. The standard InChI is InChI=1S/C12H16O2.C6H13NO2.C5H12.CH5N/c1-5-8-11(7-3)12(9-6-2)14-10(4)13;1-3-7-4-5-9-6(2)8;1-3-5-4-2;1-2/h5-9H,3H2,1-2,4H3;7H,3-5H2,1-2H3;3-5H2,1-2H3;2H2,1H3/b8-5-,9-6-,12-11+;;;. The Morgan fingerprint density at radius 1 is 0.967 bits per heavy atom. The molecule has 6 nitrogen and oxygen atoms in total. The van der Waals surface area contributed by atoms with E-state index in [1.807, 2.05) is 39.0 Å². The lowest BCUT2D eigenvalue weighted by atomic mass is 10.2. The van der Waals surface area contributed by atoms with Gasteiger partial charge in [0, 0.05) is 26.0 Å². The highest BCUT2D eigenvalue weighted by atomic mass is 16.5. The zero-order chi connectivity index (χ0) is 24.2. The van der Waals surface area contributed by atoms with Crippen molar-refractivity contribution in [2.45, 2.75) is 67.7 Å². The molecule has 0 aromatic heterocycles. The lowest BCUT2D eigenvalue weighted by molar-refractivity contribution is -0.140. The molecule has 0 spiro atoms. The number of ether oxygens (including phenoxy) is 2. The second-order valence-corrected chi connectivity index (χ2v) is 5.66. The van der Waals surface area contributed by atoms with Gasteiger partial charge in [-0.3, -0.25) is 9.59 Å². The van der Waals surface area contributed by atoms with Crippen LogP contribution >= 0.6 is 0 Å². The van der Waals surface area contributed by atoms with Crippen LogP contribution < -0.4 is 11.1 Å². The Labute approximate surface area is 185 Å². The SMILES string of the molecule is C=CC(/C=C\C)=C(/C=C\C)OC(C)=O.CCCCC.CCNCCOC(C)=O.CN. The summed E-state index contributed by atoms with van der Waals surface area (Å²) in [5.74, 6) is -0.0250. The van der Waals surface area contributed by atoms with Gasteiger partial charge in [-0.05, 0) is 33.5 Å². The van der Waals surface area contributed by atoms with Crippen LogP contribution in [0.1, 0.15) is 67.7 Å². The number of hydrogen-bond acceptors (Lipinski definition) is 6. The number of unbranched alkanes of at least 4 members (excludes halogenated alkanes) is 2. The van der Waals surface area contributed by atoms with Crippen LogP contribution in [0.25, 0.3) is 0 Å². The Hall–Kier alpha value is -2.18. The third-order valence-corrected chi connectivity index (χ3v) is 2.96. The van der Waals surface area contributed by atoms with Crippen LogP contribution in [0.15, 0.2) is 48.3 Å². The maximum Gasteiger partial charge on any atom is 0.308 e. The van der Waals surface area contributed by atoms with E-state index in [0.717, 1.165) is 18.7 Å². The second kappa shape index (κ2) is 31.5. The number of likely N-dealkylation sites (N-methyl/N-ethyl adjacent to an activating group) is 1. The molecule has 0 fully saturated rings. The van der Waals surface area contributed by atoms with Gasteiger partial charge in [-0.15, -0.1) is 0 Å². The molecule has 0 radical (unpaired) electrons. The van der Waals surface area contributed by atoms with E-state index >= 15 is 0 Å². The molecule has 0 aromatic rings. The van der Waals surface area contributed by atoms with Crippen LogP contribution in [0.3, 0.4) is 0 Å². The van der Waals surface area contributed by atoms with Crippen molar-refractivity contribution < 1.29 is 19.1 Å². The summed E-state index contributed by atoms with van der Waals surface area (Å²) in [7, 11) is 1.50. The van der Waals surface area contributed by atoms with Crippen molar-refractivity contribution in [1.29, 1.82) is 0 Å². The predicted molar refractivity (Wildman–Crippen MR) is 129 cm³/mol. The van der Waals surface area contributed by atoms with Gasteiger partial charge in [-0.1, -0.05) is 70.9 Å². The Balaban J connectivity index is -0.000000181. The normalized spacial score (nSPS) is 10.4. The summed E-state index contributed by atoms with van der Waals surface area (Å²) in [6, 6.07) is 0. The maximum atomic E-state index is 10.8. The molecule has 6 heteroatoms. The van der Waals surface area contributed by atoms with Crippen LogP contribution in [0.2, 0.25) is 0 Å². The quantitative estimate of drug-likeness (QED) is 0.219. The second-order valence-electron chi connectivity index (χ2n) is 5.66. The number of hydrogen-bond donors (Lipinski definition) is 2. The molecule has 0 atom stereocenters. The lowest BCUT2D eigenvalue weighted by Gasteiger charge is -2.04. The van der Waals surface area contributed by atoms with Crippen LogP contribution in [0.4, 0.5) is 0 Å². The zero-order valence-corrected chi connectivity index (χ0v) is 20.5. The van der Waals surface area contributed by atoms with E-state index in [4.69, 9.17) is 4.74 Å². The maximum absolute atomic E-state index is 10.8. The number of carbonyl (C=O) groups is 2. The van der Waals surface area contributed by atoms with Gasteiger partial charge in [0.1, 0.15) is 12.4 Å². The van der Waals surface area contributed by atoms with Crippen molar-refractivity contribution in [3.8, 4) is 0 Å². The largest absolute Gasteiger partial charge is 0.465 e. The zero-order valence-electron chi connectivity index (χ0n) is 20.5. The minimum Gasteiger partial charge on any atom is -0.465 e. The van der Waals surface area contributed by atoms with Gasteiger partial charge < -0.3 is 20.5 Å². The summed E-state index contributed by atoms with van der Waals surface area (Å²) >= 11 is 0. The molecule has 0 amide bonds. The highest BCUT2D eigenvalue weighted by molar-refractivity contribution is 5.68. The predicted octanol–water partition coefficient (Wildman–Crippen LogP) is 5.07. The summed E-state index contributed by atoms with van der Waals surface area (Å²) in [6.07, 6.45) is 13.0. The highest BCUT2D eigenvalue weighted by Gasteiger charge is 2.01. The smallest absolute Gasteiger partial charge is 0.308 e. The molecule has 0 bridgehead atoms. The first-order valence-corrected chi connectivity index (χ1v) is 10.6. The van der Waals surface area contributed by atoms with Gasteiger partial charge in [0.2, 0.25) is 0 Å². The Bertz CT molecular complexity index is 493. The first-order chi connectivity index (χ1) is 14.3. The van der Waals surface area contributed by atoms with Crippen LogP contribution in [-0.2, 0) is 19.1 Å². The summed E-state index contributed by atoms with van der Waals surface area (Å²) in [5, 5.41) is 3.03. The summed E-state index contributed by atoms with van der Waals surface area (Å²) in [5.41, 5.74) is 5.29. The fourth-order valence-corrected chi connectivity index (χ4v) is 1.72. The Morgan fingerprint density at radius 3 is 1.80 bits per heavy atom. The van der Waals surface area contributed by atoms with E-state index in [0.29, 0.717) is 12.4 Å². The third kappa shape index (κ3) is 33.4. The molecule has 0 unspecified atom stereocenters. The monoisotopic (exact) mass is 426 g/mol. The van der Waals surface area contributed by atoms with Crippen LogP contribution in [0, 0.1) is 0 Å². The summed E-state index contributed by atoms with van der Waals surface area (Å²) in [4.78, 5) is 21.0. The first kappa shape index (κ1) is 35.3. The highest BCUT2D eigenvalue weighted by Crippen LogP contribution is 2.11. The Morgan fingerprint density at radius 2 is 1.50 bits per heavy atom. The molecule has 0 aromatic carbocycles. The van der Waals surface area contributed by atoms with Crippen LogP contribution in [-0.4, -0.2) is 38.7 Å². The molecule has 0 heterocycles. The molecule has 176 valence electrons. The van der Waals surface area contributed by atoms with E-state index in [1.54, 1.807) is 12.2 Å². The van der Waals surface area contributed by atoms with Crippen molar-refractivity contribution in [3.63, 3.8) is 0 Å². The molecule has 0 aliphatic rings. The number of rotatable bonds is 10. The lowest BCUT2D eigenvalue weighted by Crippen LogP contribution is -2.19. The summed E-state index contributed by atoms with van der Waals surface area (Å²) < 4.78 is 9.67. The molecule has 0 aliphatic heterocycles. The fraction of sp³-hybridized carbons (Fsp3) is 0.583. The average Bonchev–Trinajstić information content (AvgIpc) is 2.72. The molecule has 0 saturated heterocycles. The topological polar surface area (TPSA) is 90.6 Å². The molecular weight excluding hydrogens is 380 g/mol. The van der Waals surface area contributed by atoms with E-state index in [9.17, 15) is 9.59 Å². The third-order valence-electron chi connectivity index (χ3n) is 2.96. The number of allylic oxidation sites excluding steroid dienone is 6. The van der Waals surface area contributed by atoms with Crippen molar-refractivity contribution in [2.75, 3.05) is 26.7 Å². The van der Waals surface area contributed by atoms with E-state index in [2.05, 4.69) is 36.2 Å². The van der Waals surface area contributed by atoms with Crippen LogP contribution in [0.5, 0.6) is 0 Å². The minimum absolute atomic E-state index is 0.215. The van der Waals surface area contributed by atoms with Crippen molar-refractivity contribution in [2.24, 2.45) is 5.73 Å². The van der Waals surface area contributed by atoms with Gasteiger partial charge in [0.25, 0.3) is 0 Å². The molecule has 0 saturated carbocycles. The number of carbonyl (C=O) groups excluding carboxylic acids is 2. The summed E-state index contributed by atoms with van der Waals surface area (Å²) in [6.45, 7) is 18.8. The minimum atomic E-state index is -0.332.